The van der Waals surface area contributed by atoms with Gasteiger partial charge in [-0.05, 0) is 87.3 Å². The third kappa shape index (κ3) is 2.66. The Hall–Kier alpha value is -1.38. The molecule has 166 valence electrons. The Labute approximate surface area is 210 Å². The van der Waals surface area contributed by atoms with Crippen LogP contribution in [0.1, 0.15) is 66.5 Å². The number of hydrogen-bond donors (Lipinski definition) is 0. The van der Waals surface area contributed by atoms with E-state index in [1.54, 1.807) is 0 Å². The summed E-state index contributed by atoms with van der Waals surface area (Å²) in [5.74, 6) is 0. The molecule has 0 aromatic heterocycles. The molecule has 0 fully saturated rings. The smallest absolute Gasteiger partial charge is 0.0362 e. The fourth-order valence-corrected chi connectivity index (χ4v) is 7.41. The highest BCUT2D eigenvalue weighted by Crippen LogP contribution is 2.73. The second-order valence-corrected chi connectivity index (χ2v) is 13.7. The molecule has 5 rings (SSSR count). The molecule has 0 saturated carbocycles. The molecule has 4 aliphatic carbocycles. The van der Waals surface area contributed by atoms with Gasteiger partial charge in [-0.2, -0.15) is 0 Å². The van der Waals surface area contributed by atoms with E-state index in [0.717, 1.165) is 0 Å². The van der Waals surface area contributed by atoms with Crippen LogP contribution in [0.4, 0.5) is 0 Å². The summed E-state index contributed by atoms with van der Waals surface area (Å²) in [5.41, 5.74) is 11.0. The standard InChI is InChI=1S/C30H32Br2/c1-27(2,3)17-13-21-19-11-9-10-12-20(19)22-14-18(28(4,5)6)16-24-26(32)25(31)23(15-17)29(21,7)30(22,24)8/h9-16H,1-8H3/t29-,30-/m1/s1. The molecule has 0 heterocycles. The van der Waals surface area contributed by atoms with E-state index in [1.807, 2.05) is 0 Å². The van der Waals surface area contributed by atoms with Crippen molar-refractivity contribution in [1.82, 2.24) is 0 Å². The molecule has 0 bridgehead atoms. The van der Waals surface area contributed by atoms with Gasteiger partial charge in [0.15, 0.2) is 0 Å². The van der Waals surface area contributed by atoms with Crippen molar-refractivity contribution in [1.29, 1.82) is 0 Å². The van der Waals surface area contributed by atoms with Crippen LogP contribution in [0.3, 0.4) is 0 Å². The fraction of sp³-hybridized carbons (Fsp3) is 0.400. The van der Waals surface area contributed by atoms with Crippen molar-refractivity contribution >= 4 is 43.0 Å². The first-order valence-electron chi connectivity index (χ1n) is 11.5. The minimum Gasteiger partial charge on any atom is -0.0616 e. The van der Waals surface area contributed by atoms with Crippen LogP contribution in [0, 0.1) is 21.7 Å². The molecule has 32 heavy (non-hydrogen) atoms. The molecular formula is C30H32Br2. The third-order valence-corrected chi connectivity index (χ3v) is 10.4. The Morgan fingerprint density at radius 2 is 0.938 bits per heavy atom. The normalized spacial score (nSPS) is 29.1. The van der Waals surface area contributed by atoms with Gasteiger partial charge < -0.3 is 0 Å². The van der Waals surface area contributed by atoms with Gasteiger partial charge in [0, 0.05) is 19.8 Å². The number of benzene rings is 1. The number of halogens is 2. The fourth-order valence-electron chi connectivity index (χ4n) is 5.97. The maximum Gasteiger partial charge on any atom is 0.0362 e. The molecule has 4 aliphatic rings. The Bertz CT molecular complexity index is 1160. The maximum atomic E-state index is 4.05. The lowest BCUT2D eigenvalue weighted by Crippen LogP contribution is -2.49. The van der Waals surface area contributed by atoms with Gasteiger partial charge in [-0.1, -0.05) is 104 Å². The van der Waals surface area contributed by atoms with Crippen LogP contribution < -0.4 is 0 Å². The van der Waals surface area contributed by atoms with E-state index in [4.69, 9.17) is 0 Å². The van der Waals surface area contributed by atoms with E-state index in [0.29, 0.717) is 0 Å². The van der Waals surface area contributed by atoms with Gasteiger partial charge in [0.05, 0.1) is 0 Å². The number of allylic oxidation sites excluding steroid dienone is 12. The molecule has 0 unspecified atom stereocenters. The van der Waals surface area contributed by atoms with Crippen molar-refractivity contribution < 1.29 is 0 Å². The molecule has 0 aliphatic heterocycles. The van der Waals surface area contributed by atoms with Gasteiger partial charge >= 0.3 is 0 Å². The third-order valence-electron chi connectivity index (χ3n) is 8.26. The number of fused-ring (bicyclic) bond motifs is 3. The molecule has 1 aromatic rings. The summed E-state index contributed by atoms with van der Waals surface area (Å²) < 4.78 is 2.37. The predicted molar refractivity (Wildman–Crippen MR) is 146 cm³/mol. The first-order chi connectivity index (χ1) is 14.7. The SMILES string of the molecule is CC(C)(C)C1=CC2=C(Br)C(Br)=C3C=C(C(C)(C)C)C=C4c5ccccc5C(=C1)[C@@]2(C)[C@]43C. The van der Waals surface area contributed by atoms with Crippen molar-refractivity contribution in [3.63, 3.8) is 0 Å². The highest BCUT2D eigenvalue weighted by Gasteiger charge is 2.61. The van der Waals surface area contributed by atoms with Gasteiger partial charge in [0.1, 0.15) is 0 Å². The van der Waals surface area contributed by atoms with Crippen LogP contribution in [0.25, 0.3) is 11.1 Å². The Morgan fingerprint density at radius 1 is 0.594 bits per heavy atom. The van der Waals surface area contributed by atoms with Gasteiger partial charge in [0.25, 0.3) is 0 Å². The van der Waals surface area contributed by atoms with Gasteiger partial charge in [-0.25, -0.2) is 0 Å². The molecule has 2 heteroatoms. The average molecular weight is 552 g/mol. The van der Waals surface area contributed by atoms with E-state index in [9.17, 15) is 0 Å². The van der Waals surface area contributed by atoms with Crippen molar-refractivity contribution in [2.45, 2.75) is 55.4 Å². The monoisotopic (exact) mass is 550 g/mol. The molecule has 0 spiro atoms. The molecule has 0 saturated heterocycles. The molecule has 0 nitrogen and oxygen atoms in total. The van der Waals surface area contributed by atoms with Gasteiger partial charge in [-0.15, -0.1) is 0 Å². The molecule has 0 N–H and O–H groups in total. The number of hydrogen-bond acceptors (Lipinski definition) is 0. The van der Waals surface area contributed by atoms with Crippen molar-refractivity contribution in [3.05, 3.63) is 91.0 Å². The molecular weight excluding hydrogens is 520 g/mol. The topological polar surface area (TPSA) is 0 Å². The second-order valence-electron chi connectivity index (χ2n) is 12.1. The lowest BCUT2D eigenvalue weighted by Gasteiger charge is -2.60. The highest BCUT2D eigenvalue weighted by atomic mass is 79.9. The minimum atomic E-state index is -0.159. The first kappa shape index (κ1) is 22.4. The average Bonchev–Trinajstić information content (AvgIpc) is 2.70. The first-order valence-corrected chi connectivity index (χ1v) is 13.1. The van der Waals surface area contributed by atoms with Crippen molar-refractivity contribution in [2.75, 3.05) is 0 Å². The zero-order valence-electron chi connectivity index (χ0n) is 20.4. The Balaban J connectivity index is 2.00. The Morgan fingerprint density at radius 3 is 1.25 bits per heavy atom. The molecule has 1 aromatic carbocycles. The van der Waals surface area contributed by atoms with E-state index < -0.39 is 0 Å². The lowest BCUT2D eigenvalue weighted by molar-refractivity contribution is 0.297. The summed E-state index contributed by atoms with van der Waals surface area (Å²) in [6.45, 7) is 18.8. The van der Waals surface area contributed by atoms with Crippen LogP contribution in [0.2, 0.25) is 0 Å². The van der Waals surface area contributed by atoms with Crippen LogP contribution in [-0.2, 0) is 0 Å². The van der Waals surface area contributed by atoms with E-state index in [1.165, 1.54) is 53.5 Å². The second kappa shape index (κ2) is 6.60. The maximum absolute atomic E-state index is 4.05. The summed E-state index contributed by atoms with van der Waals surface area (Å²) >= 11 is 8.09. The zero-order chi connectivity index (χ0) is 23.4. The summed E-state index contributed by atoms with van der Waals surface area (Å²) in [7, 11) is 0. The largest absolute Gasteiger partial charge is 0.0616 e. The van der Waals surface area contributed by atoms with E-state index in [-0.39, 0.29) is 21.7 Å². The van der Waals surface area contributed by atoms with E-state index >= 15 is 0 Å². The van der Waals surface area contributed by atoms with Gasteiger partial charge in [0.2, 0.25) is 0 Å². The highest BCUT2D eigenvalue weighted by molar-refractivity contribution is 9.15. The zero-order valence-corrected chi connectivity index (χ0v) is 23.5. The summed E-state index contributed by atoms with van der Waals surface area (Å²) in [5, 5.41) is 0. The molecule has 2 atom stereocenters. The molecule has 0 radical (unpaired) electrons. The quantitative estimate of drug-likeness (QED) is 0.301. The lowest BCUT2D eigenvalue weighted by atomic mass is 9.43. The van der Waals surface area contributed by atoms with Crippen molar-refractivity contribution in [2.24, 2.45) is 21.7 Å². The van der Waals surface area contributed by atoms with Crippen LogP contribution in [-0.4, -0.2) is 0 Å². The Kier molecular flexibility index (Phi) is 4.62. The van der Waals surface area contributed by atoms with Gasteiger partial charge in [-0.3, -0.25) is 0 Å². The molecule has 0 amide bonds. The van der Waals surface area contributed by atoms with Crippen LogP contribution >= 0.6 is 31.9 Å². The summed E-state index contributed by atoms with van der Waals surface area (Å²) in [6.07, 6.45) is 9.88. The summed E-state index contributed by atoms with van der Waals surface area (Å²) in [4.78, 5) is 0. The van der Waals surface area contributed by atoms with E-state index in [2.05, 4.69) is 136 Å². The minimum absolute atomic E-state index is 0.0723. The predicted octanol–water partition coefficient (Wildman–Crippen LogP) is 9.76. The summed E-state index contributed by atoms with van der Waals surface area (Å²) in [6, 6.07) is 9.04. The number of rotatable bonds is 0. The van der Waals surface area contributed by atoms with Crippen LogP contribution in [0.15, 0.2) is 79.8 Å². The van der Waals surface area contributed by atoms with Crippen molar-refractivity contribution in [3.8, 4) is 0 Å². The van der Waals surface area contributed by atoms with Crippen LogP contribution in [0.5, 0.6) is 0 Å².